The molecule has 0 fully saturated rings. The normalized spacial score (nSPS) is 10.6. The topological polar surface area (TPSA) is 115 Å². The van der Waals surface area contributed by atoms with E-state index in [4.69, 9.17) is 16.7 Å². The number of nitrogens with zero attached hydrogens (tertiary/aromatic N) is 5. The summed E-state index contributed by atoms with van der Waals surface area (Å²) < 4.78 is 2.77. The summed E-state index contributed by atoms with van der Waals surface area (Å²) in [5.74, 6) is -1.38. The van der Waals surface area contributed by atoms with E-state index in [0.717, 1.165) is 5.56 Å². The number of hydrogen-bond donors (Lipinski definition) is 2. The second-order valence-electron chi connectivity index (χ2n) is 5.14. The third-order valence-corrected chi connectivity index (χ3v) is 3.63. The molecule has 3 aromatic rings. The van der Waals surface area contributed by atoms with E-state index in [2.05, 4.69) is 20.5 Å². The molecule has 0 aliphatic heterocycles. The minimum Gasteiger partial charge on any atom is -0.478 e. The molecule has 0 aliphatic rings. The van der Waals surface area contributed by atoms with Crippen molar-refractivity contribution in [3.8, 4) is 0 Å². The number of nitrogens with one attached hydrogen (secondary N) is 1. The molecule has 0 atom stereocenters. The lowest BCUT2D eigenvalue weighted by molar-refractivity contribution is -0.117. The minimum absolute atomic E-state index is 0.00921. The van der Waals surface area contributed by atoms with E-state index in [0.29, 0.717) is 11.6 Å². The first-order chi connectivity index (χ1) is 12.0. The van der Waals surface area contributed by atoms with Crippen molar-refractivity contribution in [3.63, 3.8) is 0 Å². The fraction of sp³-hybridized carbons (Fsp3) is 0.133. The molecular weight excluding hydrogens is 348 g/mol. The lowest BCUT2D eigenvalue weighted by Gasteiger charge is -2.03. The summed E-state index contributed by atoms with van der Waals surface area (Å²) >= 11 is 6.10. The Labute approximate surface area is 146 Å². The highest BCUT2D eigenvalue weighted by Gasteiger charge is 2.11. The largest absolute Gasteiger partial charge is 0.478 e. The Morgan fingerprint density at radius 3 is 2.76 bits per heavy atom. The van der Waals surface area contributed by atoms with E-state index in [1.54, 1.807) is 10.7 Å². The van der Waals surface area contributed by atoms with E-state index in [9.17, 15) is 9.59 Å². The number of halogens is 1. The third-order valence-electron chi connectivity index (χ3n) is 3.26. The van der Waals surface area contributed by atoms with Crippen LogP contribution >= 0.6 is 11.6 Å². The number of carboxylic acids is 1. The van der Waals surface area contributed by atoms with Crippen LogP contribution in [0.2, 0.25) is 5.02 Å². The molecule has 0 saturated carbocycles. The van der Waals surface area contributed by atoms with Gasteiger partial charge in [0.1, 0.15) is 12.9 Å². The van der Waals surface area contributed by atoms with Gasteiger partial charge in [0.2, 0.25) is 11.9 Å². The van der Waals surface area contributed by atoms with Crippen molar-refractivity contribution in [1.29, 1.82) is 0 Å². The fourth-order valence-electron chi connectivity index (χ4n) is 2.10. The molecular formula is C15H13ClN6O3. The monoisotopic (exact) mass is 360 g/mol. The van der Waals surface area contributed by atoms with Crippen LogP contribution in [0.4, 0.5) is 5.95 Å². The highest BCUT2D eigenvalue weighted by atomic mass is 35.5. The average Bonchev–Trinajstić information content (AvgIpc) is 3.19. The molecule has 0 saturated heterocycles. The lowest BCUT2D eigenvalue weighted by atomic mass is 10.2. The molecule has 2 aromatic heterocycles. The quantitative estimate of drug-likeness (QED) is 0.688. The number of benzene rings is 1. The number of carbonyl (C=O) groups excluding carboxylic acids is 1. The van der Waals surface area contributed by atoms with Crippen molar-refractivity contribution in [3.05, 3.63) is 59.1 Å². The van der Waals surface area contributed by atoms with Gasteiger partial charge in [-0.2, -0.15) is 5.10 Å². The first-order valence-electron chi connectivity index (χ1n) is 7.20. The number of carbonyl (C=O) groups is 2. The molecule has 0 unspecified atom stereocenters. The Morgan fingerprint density at radius 1 is 1.24 bits per heavy atom. The van der Waals surface area contributed by atoms with Crippen LogP contribution in [0.3, 0.4) is 0 Å². The average molecular weight is 361 g/mol. The molecule has 0 radical (unpaired) electrons. The van der Waals surface area contributed by atoms with Crippen molar-refractivity contribution < 1.29 is 14.7 Å². The number of aromatic nitrogens is 5. The number of carboxylic acid groups (broad SMARTS) is 1. The van der Waals surface area contributed by atoms with Crippen LogP contribution in [0.1, 0.15) is 15.9 Å². The summed E-state index contributed by atoms with van der Waals surface area (Å²) in [6, 6.07) is 7.37. The Bertz CT molecular complexity index is 919. The number of aromatic carboxylic acids is 1. The molecule has 10 heteroatoms. The van der Waals surface area contributed by atoms with Crippen molar-refractivity contribution in [1.82, 2.24) is 24.5 Å². The summed E-state index contributed by atoms with van der Waals surface area (Å²) in [4.78, 5) is 26.7. The van der Waals surface area contributed by atoms with Crippen LogP contribution in [-0.2, 0) is 17.9 Å². The lowest BCUT2D eigenvalue weighted by Crippen LogP contribution is -2.20. The maximum absolute atomic E-state index is 12.0. The molecule has 2 heterocycles. The van der Waals surface area contributed by atoms with Gasteiger partial charge in [0.05, 0.1) is 18.3 Å². The van der Waals surface area contributed by atoms with Gasteiger partial charge in [0, 0.05) is 11.2 Å². The van der Waals surface area contributed by atoms with Gasteiger partial charge in [0.15, 0.2) is 0 Å². The Morgan fingerprint density at radius 2 is 2.04 bits per heavy atom. The molecule has 0 bridgehead atoms. The van der Waals surface area contributed by atoms with Gasteiger partial charge in [-0.15, -0.1) is 5.10 Å². The van der Waals surface area contributed by atoms with Gasteiger partial charge >= 0.3 is 5.97 Å². The van der Waals surface area contributed by atoms with Gasteiger partial charge in [-0.1, -0.05) is 29.8 Å². The Hall–Kier alpha value is -3.20. The maximum Gasteiger partial charge on any atom is 0.338 e. The predicted molar refractivity (Wildman–Crippen MR) is 88.4 cm³/mol. The minimum atomic E-state index is -1.10. The summed E-state index contributed by atoms with van der Waals surface area (Å²) in [6.45, 7) is 0.274. The van der Waals surface area contributed by atoms with Crippen LogP contribution in [0, 0.1) is 0 Å². The van der Waals surface area contributed by atoms with Gasteiger partial charge in [-0.3, -0.25) is 14.8 Å². The molecule has 9 nitrogen and oxygen atoms in total. The smallest absolute Gasteiger partial charge is 0.338 e. The van der Waals surface area contributed by atoms with Crippen LogP contribution in [-0.4, -0.2) is 41.5 Å². The van der Waals surface area contributed by atoms with E-state index in [1.165, 1.54) is 23.4 Å². The van der Waals surface area contributed by atoms with Crippen molar-refractivity contribution >= 4 is 29.4 Å². The van der Waals surface area contributed by atoms with Crippen LogP contribution in [0.15, 0.2) is 43.0 Å². The van der Waals surface area contributed by atoms with Gasteiger partial charge in [0.25, 0.3) is 0 Å². The SMILES string of the molecule is O=C(Cn1cc(C(=O)O)cn1)Nc1ncn(Cc2ccccc2Cl)n1. The van der Waals surface area contributed by atoms with E-state index < -0.39 is 11.9 Å². The number of anilines is 1. The summed E-state index contributed by atoms with van der Waals surface area (Å²) in [5, 5.41) is 19.9. The number of rotatable bonds is 6. The first kappa shape index (κ1) is 16.7. The highest BCUT2D eigenvalue weighted by Crippen LogP contribution is 2.15. The number of amides is 1. The molecule has 2 N–H and O–H groups in total. The first-order valence-corrected chi connectivity index (χ1v) is 7.57. The molecule has 1 aromatic carbocycles. The third kappa shape index (κ3) is 4.21. The fourth-order valence-corrected chi connectivity index (χ4v) is 2.30. The van der Waals surface area contributed by atoms with Crippen molar-refractivity contribution in [2.75, 3.05) is 5.32 Å². The van der Waals surface area contributed by atoms with Crippen LogP contribution in [0.5, 0.6) is 0 Å². The Balaban J connectivity index is 1.59. The molecule has 0 spiro atoms. The van der Waals surface area contributed by atoms with Gasteiger partial charge in [-0.25, -0.2) is 14.5 Å². The standard InChI is InChI=1S/C15H13ClN6O3/c16-12-4-2-1-3-10(12)6-22-9-17-15(20-22)19-13(23)8-21-7-11(5-18-21)14(24)25/h1-5,7,9H,6,8H2,(H,24,25)(H,19,20,23). The Kier molecular flexibility index (Phi) is 4.75. The zero-order valence-electron chi connectivity index (χ0n) is 12.8. The molecule has 25 heavy (non-hydrogen) atoms. The molecule has 3 rings (SSSR count). The van der Waals surface area contributed by atoms with Gasteiger partial charge in [-0.05, 0) is 11.6 Å². The van der Waals surface area contributed by atoms with E-state index >= 15 is 0 Å². The maximum atomic E-state index is 12.0. The van der Waals surface area contributed by atoms with Crippen molar-refractivity contribution in [2.24, 2.45) is 0 Å². The molecule has 0 aliphatic carbocycles. The zero-order chi connectivity index (χ0) is 17.8. The van der Waals surface area contributed by atoms with Crippen molar-refractivity contribution in [2.45, 2.75) is 13.1 Å². The highest BCUT2D eigenvalue weighted by molar-refractivity contribution is 6.31. The second kappa shape index (κ2) is 7.14. The van der Waals surface area contributed by atoms with Crippen LogP contribution < -0.4 is 5.32 Å². The number of hydrogen-bond acceptors (Lipinski definition) is 5. The zero-order valence-corrected chi connectivity index (χ0v) is 13.6. The summed E-state index contributed by atoms with van der Waals surface area (Å²) in [6.07, 6.45) is 3.92. The van der Waals surface area contributed by atoms with E-state index in [1.807, 2.05) is 18.2 Å². The van der Waals surface area contributed by atoms with E-state index in [-0.39, 0.29) is 18.1 Å². The molecule has 1 amide bonds. The van der Waals surface area contributed by atoms with Crippen LogP contribution in [0.25, 0.3) is 0 Å². The van der Waals surface area contributed by atoms with Gasteiger partial charge < -0.3 is 5.11 Å². The predicted octanol–water partition coefficient (Wildman–Crippen LogP) is 1.51. The summed E-state index contributed by atoms with van der Waals surface area (Å²) in [7, 11) is 0. The second-order valence-corrected chi connectivity index (χ2v) is 5.54. The summed E-state index contributed by atoms with van der Waals surface area (Å²) in [5.41, 5.74) is 0.889. The molecule has 128 valence electrons.